The molecule has 1 fully saturated rings. The number of nitrogens with zero attached hydrogens (tertiary/aromatic N) is 3. The van der Waals surface area contributed by atoms with E-state index in [-0.39, 0.29) is 5.91 Å². The fraction of sp³-hybridized carbons (Fsp3) is 0.579. The maximum atomic E-state index is 12.4. The van der Waals surface area contributed by atoms with Crippen LogP contribution in [0.15, 0.2) is 18.2 Å². The van der Waals surface area contributed by atoms with E-state index in [4.69, 9.17) is 12.2 Å². The van der Waals surface area contributed by atoms with Gasteiger partial charge in [0.25, 0.3) is 0 Å². The second kappa shape index (κ2) is 9.85. The second-order valence-corrected chi connectivity index (χ2v) is 7.48. The molecule has 0 saturated carbocycles. The first-order valence-electron chi connectivity index (χ1n) is 9.12. The Bertz CT molecular complexity index is 626. The Morgan fingerprint density at radius 2 is 1.88 bits per heavy atom. The minimum atomic E-state index is 0.0406. The highest BCUT2D eigenvalue weighted by molar-refractivity contribution is 7.80. The Kier molecular flexibility index (Phi) is 7.81. The molecule has 7 heteroatoms. The van der Waals surface area contributed by atoms with Gasteiger partial charge < -0.3 is 20.4 Å². The molecule has 144 valence electrons. The number of aryl methyl sites for hydroxylation is 1. The number of thiocarbonyl (C=S) groups is 1. The molecule has 0 bridgehead atoms. The summed E-state index contributed by atoms with van der Waals surface area (Å²) in [4.78, 5) is 18.8. The zero-order valence-electron chi connectivity index (χ0n) is 16.3. The third-order valence-electron chi connectivity index (χ3n) is 4.74. The Labute approximate surface area is 162 Å². The van der Waals surface area contributed by atoms with Crippen LogP contribution in [0, 0.1) is 13.8 Å². The van der Waals surface area contributed by atoms with E-state index in [9.17, 15) is 4.79 Å². The zero-order valence-corrected chi connectivity index (χ0v) is 17.2. The molecular formula is C19H31N5OS. The maximum absolute atomic E-state index is 12.4. The van der Waals surface area contributed by atoms with Gasteiger partial charge in [0, 0.05) is 45.0 Å². The fourth-order valence-electron chi connectivity index (χ4n) is 2.89. The van der Waals surface area contributed by atoms with Crippen LogP contribution in [-0.2, 0) is 4.79 Å². The largest absolute Gasteiger partial charge is 0.361 e. The van der Waals surface area contributed by atoms with E-state index in [2.05, 4.69) is 38.3 Å². The van der Waals surface area contributed by atoms with Crippen LogP contribution in [0.2, 0.25) is 0 Å². The van der Waals surface area contributed by atoms with Crippen LogP contribution >= 0.6 is 12.2 Å². The van der Waals surface area contributed by atoms with Crippen molar-refractivity contribution in [2.45, 2.75) is 13.8 Å². The molecule has 0 unspecified atom stereocenters. The van der Waals surface area contributed by atoms with Crippen molar-refractivity contribution in [3.63, 3.8) is 0 Å². The Morgan fingerprint density at radius 3 is 2.54 bits per heavy atom. The van der Waals surface area contributed by atoms with Crippen LogP contribution in [-0.4, -0.2) is 85.6 Å². The molecule has 1 amide bonds. The number of amides is 1. The summed E-state index contributed by atoms with van der Waals surface area (Å²) in [5, 5.41) is 7.15. The standard InChI is InChI=1S/C19H31N5OS/c1-15-6-5-7-17(16(15)2)21-18(25)14-23-10-12-24(13-11-23)19(26)20-8-9-22(3)4/h5-7H,8-14H2,1-4H3,(H,20,26)(H,21,25). The van der Waals surface area contributed by atoms with E-state index >= 15 is 0 Å². The first-order chi connectivity index (χ1) is 12.4. The van der Waals surface area contributed by atoms with E-state index in [1.54, 1.807) is 0 Å². The summed E-state index contributed by atoms with van der Waals surface area (Å²) in [6.07, 6.45) is 0. The Balaban J connectivity index is 1.73. The van der Waals surface area contributed by atoms with Gasteiger partial charge in [-0.1, -0.05) is 12.1 Å². The number of piperazine rings is 1. The smallest absolute Gasteiger partial charge is 0.238 e. The Hall–Kier alpha value is -1.70. The molecule has 0 aliphatic carbocycles. The lowest BCUT2D eigenvalue weighted by Gasteiger charge is -2.36. The lowest BCUT2D eigenvalue weighted by molar-refractivity contribution is -0.117. The highest BCUT2D eigenvalue weighted by Gasteiger charge is 2.20. The maximum Gasteiger partial charge on any atom is 0.238 e. The average molecular weight is 378 g/mol. The van der Waals surface area contributed by atoms with E-state index in [0.29, 0.717) is 6.54 Å². The van der Waals surface area contributed by atoms with Crippen LogP contribution < -0.4 is 10.6 Å². The van der Waals surface area contributed by atoms with Gasteiger partial charge in [-0.25, -0.2) is 0 Å². The van der Waals surface area contributed by atoms with Gasteiger partial charge in [-0.15, -0.1) is 0 Å². The summed E-state index contributed by atoms with van der Waals surface area (Å²) >= 11 is 5.46. The molecule has 0 spiro atoms. The minimum Gasteiger partial charge on any atom is -0.361 e. The van der Waals surface area contributed by atoms with E-state index in [1.165, 1.54) is 5.56 Å². The monoisotopic (exact) mass is 377 g/mol. The van der Waals surface area contributed by atoms with Gasteiger partial charge in [-0.05, 0) is 57.4 Å². The van der Waals surface area contributed by atoms with Gasteiger partial charge in [0.1, 0.15) is 0 Å². The van der Waals surface area contributed by atoms with Crippen LogP contribution in [0.3, 0.4) is 0 Å². The SMILES string of the molecule is Cc1cccc(NC(=O)CN2CCN(C(=S)NCCN(C)C)CC2)c1C. The quantitative estimate of drug-likeness (QED) is 0.729. The first kappa shape index (κ1) is 20.6. The highest BCUT2D eigenvalue weighted by Crippen LogP contribution is 2.17. The highest BCUT2D eigenvalue weighted by atomic mass is 32.1. The van der Waals surface area contributed by atoms with Crippen LogP contribution in [0.4, 0.5) is 5.69 Å². The normalized spacial score (nSPS) is 15.2. The predicted octanol–water partition coefficient (Wildman–Crippen LogP) is 1.30. The van der Waals surface area contributed by atoms with Gasteiger partial charge in [-0.2, -0.15) is 0 Å². The molecule has 0 radical (unpaired) electrons. The third-order valence-corrected chi connectivity index (χ3v) is 5.14. The van der Waals surface area contributed by atoms with Gasteiger partial charge in [0.05, 0.1) is 6.54 Å². The minimum absolute atomic E-state index is 0.0406. The van der Waals surface area contributed by atoms with Crippen molar-refractivity contribution in [2.75, 3.05) is 65.2 Å². The second-order valence-electron chi connectivity index (χ2n) is 7.09. The van der Waals surface area contributed by atoms with Gasteiger partial charge in [0.2, 0.25) is 5.91 Å². The van der Waals surface area contributed by atoms with Crippen LogP contribution in [0.25, 0.3) is 0 Å². The van der Waals surface area contributed by atoms with Crippen molar-refractivity contribution in [1.82, 2.24) is 20.0 Å². The molecule has 2 rings (SSSR count). The number of hydrogen-bond donors (Lipinski definition) is 2. The molecule has 6 nitrogen and oxygen atoms in total. The van der Waals surface area contributed by atoms with E-state index in [1.807, 2.05) is 33.2 Å². The number of carbonyl (C=O) groups excluding carboxylic acids is 1. The van der Waals surface area contributed by atoms with Crippen molar-refractivity contribution in [3.8, 4) is 0 Å². The third kappa shape index (κ3) is 6.23. The molecule has 2 N–H and O–H groups in total. The molecule has 26 heavy (non-hydrogen) atoms. The molecule has 1 saturated heterocycles. The molecule has 1 heterocycles. The molecule has 1 aromatic carbocycles. The van der Waals surface area contributed by atoms with Crippen molar-refractivity contribution in [1.29, 1.82) is 0 Å². The summed E-state index contributed by atoms with van der Waals surface area (Å²) in [5.74, 6) is 0.0406. The first-order valence-corrected chi connectivity index (χ1v) is 9.53. The zero-order chi connectivity index (χ0) is 19.1. The molecule has 1 aliphatic rings. The molecule has 0 atom stereocenters. The summed E-state index contributed by atoms with van der Waals surface area (Å²) in [5.41, 5.74) is 3.21. The number of anilines is 1. The molecule has 1 aliphatic heterocycles. The average Bonchev–Trinajstić information content (AvgIpc) is 2.59. The fourth-order valence-corrected chi connectivity index (χ4v) is 3.17. The van der Waals surface area contributed by atoms with Crippen molar-refractivity contribution < 1.29 is 4.79 Å². The van der Waals surface area contributed by atoms with Crippen molar-refractivity contribution >= 4 is 28.9 Å². The van der Waals surface area contributed by atoms with Crippen LogP contribution in [0.5, 0.6) is 0 Å². The predicted molar refractivity (Wildman–Crippen MR) is 112 cm³/mol. The number of likely N-dealkylation sites (N-methyl/N-ethyl adjacent to an activating group) is 1. The van der Waals surface area contributed by atoms with Crippen molar-refractivity contribution in [2.24, 2.45) is 0 Å². The summed E-state index contributed by atoms with van der Waals surface area (Å²) in [6.45, 7) is 9.71. The molecular weight excluding hydrogens is 346 g/mol. The van der Waals surface area contributed by atoms with Gasteiger partial charge >= 0.3 is 0 Å². The Morgan fingerprint density at radius 1 is 1.19 bits per heavy atom. The number of carbonyl (C=O) groups is 1. The van der Waals surface area contributed by atoms with E-state index < -0.39 is 0 Å². The number of hydrogen-bond acceptors (Lipinski definition) is 4. The van der Waals surface area contributed by atoms with Crippen molar-refractivity contribution in [3.05, 3.63) is 29.3 Å². The lowest BCUT2D eigenvalue weighted by Crippen LogP contribution is -2.53. The summed E-state index contributed by atoms with van der Waals surface area (Å²) in [7, 11) is 4.10. The molecule has 0 aromatic heterocycles. The number of benzene rings is 1. The van der Waals surface area contributed by atoms with Crippen LogP contribution in [0.1, 0.15) is 11.1 Å². The number of rotatable bonds is 6. The summed E-state index contributed by atoms with van der Waals surface area (Å²) < 4.78 is 0. The van der Waals surface area contributed by atoms with E-state index in [0.717, 1.165) is 55.6 Å². The lowest BCUT2D eigenvalue weighted by atomic mass is 10.1. The van der Waals surface area contributed by atoms with Gasteiger partial charge in [0.15, 0.2) is 5.11 Å². The molecule has 1 aromatic rings. The topological polar surface area (TPSA) is 50.9 Å². The van der Waals surface area contributed by atoms with Gasteiger partial charge in [-0.3, -0.25) is 9.69 Å². The number of nitrogens with one attached hydrogen (secondary N) is 2. The summed E-state index contributed by atoms with van der Waals surface area (Å²) in [6, 6.07) is 5.98.